The predicted molar refractivity (Wildman–Crippen MR) is 107 cm³/mol. The zero-order valence-corrected chi connectivity index (χ0v) is 16.6. The van der Waals surface area contributed by atoms with E-state index in [4.69, 9.17) is 14.2 Å². The lowest BCUT2D eigenvalue weighted by molar-refractivity contribution is -0.126. The van der Waals surface area contributed by atoms with E-state index in [9.17, 15) is 19.2 Å². The lowest BCUT2D eigenvalue weighted by Crippen LogP contribution is -2.47. The first kappa shape index (κ1) is 20.8. The van der Waals surface area contributed by atoms with E-state index in [0.29, 0.717) is 11.4 Å². The van der Waals surface area contributed by atoms with Gasteiger partial charge in [0, 0.05) is 0 Å². The SMILES string of the molecule is COC(=O)c1cc(O[C@H](C)C(=O)N2CC(=O)Nc3ccccc32)cc(C(=O)OC)c1. The summed E-state index contributed by atoms with van der Waals surface area (Å²) in [7, 11) is 2.41. The highest BCUT2D eigenvalue weighted by Crippen LogP contribution is 2.30. The number of ether oxygens (including phenoxy) is 3. The number of hydrogen-bond donors (Lipinski definition) is 1. The van der Waals surface area contributed by atoms with Crippen molar-refractivity contribution in [2.24, 2.45) is 0 Å². The van der Waals surface area contributed by atoms with Crippen LogP contribution in [-0.4, -0.2) is 50.6 Å². The lowest BCUT2D eigenvalue weighted by Gasteiger charge is -2.31. The Morgan fingerprint density at radius 1 is 1.00 bits per heavy atom. The molecule has 0 saturated heterocycles. The fourth-order valence-electron chi connectivity index (χ4n) is 3.04. The molecular formula is C21H20N2O7. The van der Waals surface area contributed by atoms with E-state index in [0.717, 1.165) is 0 Å². The van der Waals surface area contributed by atoms with Crippen LogP contribution < -0.4 is 15.0 Å². The quantitative estimate of drug-likeness (QED) is 0.748. The summed E-state index contributed by atoms with van der Waals surface area (Å²) in [5.74, 6) is -2.03. The average Bonchev–Trinajstić information content (AvgIpc) is 2.76. The van der Waals surface area contributed by atoms with Gasteiger partial charge in [-0.15, -0.1) is 0 Å². The van der Waals surface area contributed by atoms with Gasteiger partial charge < -0.3 is 19.5 Å². The van der Waals surface area contributed by atoms with Crippen LogP contribution in [0.4, 0.5) is 11.4 Å². The van der Waals surface area contributed by atoms with Gasteiger partial charge in [-0.3, -0.25) is 14.5 Å². The van der Waals surface area contributed by atoms with Crippen LogP contribution in [0.15, 0.2) is 42.5 Å². The first-order valence-corrected chi connectivity index (χ1v) is 9.02. The molecule has 1 aliphatic rings. The summed E-state index contributed by atoms with van der Waals surface area (Å²) >= 11 is 0. The van der Waals surface area contributed by atoms with Gasteiger partial charge in [0.05, 0.1) is 36.7 Å². The highest BCUT2D eigenvalue weighted by atomic mass is 16.5. The molecule has 2 aromatic rings. The number of amides is 2. The molecule has 0 aliphatic carbocycles. The van der Waals surface area contributed by atoms with Gasteiger partial charge >= 0.3 is 11.9 Å². The molecule has 1 heterocycles. The largest absolute Gasteiger partial charge is 0.481 e. The third-order valence-corrected chi connectivity index (χ3v) is 4.45. The number of benzene rings is 2. The Kier molecular flexibility index (Phi) is 6.01. The van der Waals surface area contributed by atoms with Crippen molar-refractivity contribution in [2.75, 3.05) is 31.0 Å². The van der Waals surface area contributed by atoms with Crippen molar-refractivity contribution in [2.45, 2.75) is 13.0 Å². The van der Waals surface area contributed by atoms with Crippen molar-refractivity contribution in [3.05, 3.63) is 53.6 Å². The van der Waals surface area contributed by atoms with E-state index in [1.54, 1.807) is 24.3 Å². The number of rotatable bonds is 5. The first-order chi connectivity index (χ1) is 14.3. The Hall–Kier alpha value is -3.88. The molecule has 0 saturated carbocycles. The van der Waals surface area contributed by atoms with E-state index in [1.165, 1.54) is 44.2 Å². The molecule has 0 aromatic heterocycles. The molecule has 1 aliphatic heterocycles. The van der Waals surface area contributed by atoms with Crippen LogP contribution in [0.1, 0.15) is 27.6 Å². The second-order valence-corrected chi connectivity index (χ2v) is 6.48. The Morgan fingerprint density at radius 3 is 2.20 bits per heavy atom. The molecule has 0 fully saturated rings. The molecule has 9 heteroatoms. The smallest absolute Gasteiger partial charge is 0.338 e. The predicted octanol–water partition coefficient (Wildman–Crippen LogP) is 2.01. The van der Waals surface area contributed by atoms with Crippen molar-refractivity contribution >= 4 is 35.1 Å². The molecule has 0 spiro atoms. The fourth-order valence-corrected chi connectivity index (χ4v) is 3.04. The van der Waals surface area contributed by atoms with Gasteiger partial charge in [0.1, 0.15) is 12.3 Å². The lowest BCUT2D eigenvalue weighted by atomic mass is 10.1. The Bertz CT molecular complexity index is 984. The molecular weight excluding hydrogens is 392 g/mol. The van der Waals surface area contributed by atoms with Crippen LogP contribution in [0.5, 0.6) is 5.75 Å². The van der Waals surface area contributed by atoms with Crippen LogP contribution in [0.3, 0.4) is 0 Å². The third-order valence-electron chi connectivity index (χ3n) is 4.45. The maximum atomic E-state index is 13.0. The van der Waals surface area contributed by atoms with Crippen molar-refractivity contribution in [1.29, 1.82) is 0 Å². The summed E-state index contributed by atoms with van der Waals surface area (Å²) in [6.07, 6.45) is -1.01. The number of carbonyl (C=O) groups is 4. The van der Waals surface area contributed by atoms with Gasteiger partial charge in [-0.25, -0.2) is 9.59 Å². The fraction of sp³-hybridized carbons (Fsp3) is 0.238. The van der Waals surface area contributed by atoms with Crippen LogP contribution in [0.25, 0.3) is 0 Å². The van der Waals surface area contributed by atoms with E-state index in [2.05, 4.69) is 5.32 Å². The van der Waals surface area contributed by atoms with Gasteiger partial charge in [-0.1, -0.05) is 12.1 Å². The zero-order valence-electron chi connectivity index (χ0n) is 16.6. The van der Waals surface area contributed by atoms with E-state index < -0.39 is 23.9 Å². The highest BCUT2D eigenvalue weighted by molar-refractivity contribution is 6.11. The van der Waals surface area contributed by atoms with Crippen molar-refractivity contribution in [1.82, 2.24) is 0 Å². The third kappa shape index (κ3) is 4.24. The number of methoxy groups -OCH3 is 2. The summed E-state index contributed by atoms with van der Waals surface area (Å²) in [5, 5.41) is 2.71. The topological polar surface area (TPSA) is 111 Å². The summed E-state index contributed by atoms with van der Waals surface area (Å²) < 4.78 is 15.1. The van der Waals surface area contributed by atoms with Gasteiger partial charge in [0.15, 0.2) is 6.10 Å². The molecule has 0 bridgehead atoms. The molecule has 0 radical (unpaired) electrons. The summed E-state index contributed by atoms with van der Waals surface area (Å²) in [6, 6.07) is 10.9. The van der Waals surface area contributed by atoms with E-state index in [1.807, 2.05) is 0 Å². The second-order valence-electron chi connectivity index (χ2n) is 6.48. The highest BCUT2D eigenvalue weighted by Gasteiger charge is 2.30. The normalized spacial score (nSPS) is 13.6. The molecule has 156 valence electrons. The van der Waals surface area contributed by atoms with E-state index >= 15 is 0 Å². The Morgan fingerprint density at radius 2 is 1.60 bits per heavy atom. The minimum Gasteiger partial charge on any atom is -0.481 e. The minimum atomic E-state index is -1.01. The monoisotopic (exact) mass is 412 g/mol. The number of esters is 2. The number of hydrogen-bond acceptors (Lipinski definition) is 7. The Labute approximate surface area is 172 Å². The summed E-state index contributed by atoms with van der Waals surface area (Å²) in [6.45, 7) is 1.36. The van der Waals surface area contributed by atoms with Crippen molar-refractivity contribution in [3.63, 3.8) is 0 Å². The number of para-hydroxylation sites is 2. The molecule has 3 rings (SSSR count). The number of fused-ring (bicyclic) bond motifs is 1. The Balaban J connectivity index is 1.87. The molecule has 1 atom stereocenters. The maximum absolute atomic E-state index is 13.0. The number of carbonyl (C=O) groups excluding carboxylic acids is 4. The average molecular weight is 412 g/mol. The zero-order chi connectivity index (χ0) is 21.8. The molecule has 1 N–H and O–H groups in total. The van der Waals surface area contributed by atoms with Crippen molar-refractivity contribution in [3.8, 4) is 5.75 Å². The summed E-state index contributed by atoms with van der Waals surface area (Å²) in [4.78, 5) is 50.1. The standard InChI is InChI=1S/C21H20N2O7/c1-12(19(25)23-11-18(24)22-16-6-4-5-7-17(16)23)30-15-9-13(20(26)28-2)8-14(10-15)21(27)29-3/h4-10,12H,11H2,1-3H3,(H,22,24)/t12-/m1/s1. The summed E-state index contributed by atoms with van der Waals surface area (Å²) in [5.41, 5.74) is 1.21. The van der Waals surface area contributed by atoms with Gasteiger partial charge in [0.2, 0.25) is 5.91 Å². The number of anilines is 2. The van der Waals surface area contributed by atoms with Crippen LogP contribution in [0.2, 0.25) is 0 Å². The van der Waals surface area contributed by atoms with E-state index in [-0.39, 0.29) is 29.3 Å². The first-order valence-electron chi connectivity index (χ1n) is 9.02. The molecule has 30 heavy (non-hydrogen) atoms. The second kappa shape index (κ2) is 8.64. The van der Waals surface area contributed by atoms with Gasteiger partial charge in [0.25, 0.3) is 5.91 Å². The van der Waals surface area contributed by atoms with Gasteiger partial charge in [-0.2, -0.15) is 0 Å². The number of nitrogens with one attached hydrogen (secondary N) is 1. The van der Waals surface area contributed by atoms with Crippen LogP contribution in [0, 0.1) is 0 Å². The molecule has 0 unspecified atom stereocenters. The molecule has 2 aromatic carbocycles. The molecule has 9 nitrogen and oxygen atoms in total. The van der Waals surface area contributed by atoms with Crippen LogP contribution in [-0.2, 0) is 19.1 Å². The minimum absolute atomic E-state index is 0.0674. The molecule has 2 amide bonds. The maximum Gasteiger partial charge on any atom is 0.338 e. The van der Waals surface area contributed by atoms with Crippen LogP contribution >= 0.6 is 0 Å². The number of nitrogens with zero attached hydrogens (tertiary/aromatic N) is 1. The van der Waals surface area contributed by atoms with Gasteiger partial charge in [-0.05, 0) is 37.3 Å². The van der Waals surface area contributed by atoms with Crippen molar-refractivity contribution < 1.29 is 33.4 Å².